The first kappa shape index (κ1) is 46.9. The van der Waals surface area contributed by atoms with Crippen LogP contribution in [0.5, 0.6) is 0 Å². The van der Waals surface area contributed by atoms with Gasteiger partial charge in [0.15, 0.2) is 10.8 Å². The highest BCUT2D eigenvalue weighted by Crippen LogP contribution is 2.46. The summed E-state index contributed by atoms with van der Waals surface area (Å²) < 4.78 is 5.36. The molecule has 11 nitrogen and oxygen atoms in total. The van der Waals surface area contributed by atoms with Crippen LogP contribution in [-0.4, -0.2) is 57.6 Å². The molecule has 2 aromatic heterocycles. The number of esters is 1. The van der Waals surface area contributed by atoms with Gasteiger partial charge in [0.2, 0.25) is 5.60 Å². The van der Waals surface area contributed by atoms with Gasteiger partial charge in [-0.05, 0) is 41.7 Å². The Morgan fingerprint density at radius 3 is 1.63 bits per heavy atom. The minimum atomic E-state index is -1.39. The molecule has 2 atom stereocenters. The van der Waals surface area contributed by atoms with Gasteiger partial charge in [0.25, 0.3) is 11.8 Å². The maximum Gasteiger partial charge on any atom is 0.355 e. The summed E-state index contributed by atoms with van der Waals surface area (Å²) in [5.41, 5.74) is 2.54. The Kier molecular flexibility index (Phi) is 13.6. The molecular weight excluding hydrogens is 948 g/mol. The molecule has 1 saturated heterocycles. The number of allylic oxidation sites excluding steroid dienone is 1. The third-order valence-electron chi connectivity index (χ3n) is 12.7. The van der Waals surface area contributed by atoms with Crippen molar-refractivity contribution in [1.82, 2.24) is 20.2 Å². The van der Waals surface area contributed by atoms with Crippen LogP contribution in [0.2, 0.25) is 4.34 Å². The zero-order valence-corrected chi connectivity index (χ0v) is 40.6. The van der Waals surface area contributed by atoms with Crippen LogP contribution in [0.15, 0.2) is 227 Å². The lowest BCUT2D eigenvalue weighted by Crippen LogP contribution is -2.72. The molecule has 2 aliphatic rings. The molecule has 0 aliphatic carbocycles. The second-order valence-electron chi connectivity index (χ2n) is 16.7. The monoisotopic (exact) mass is 992 g/mol. The molecule has 4 heterocycles. The SMILES string of the molecule is COC(=O)C1=C(Sc2ccncc2)CC[C@@H]2[C@H](NC(=O)/C(=N\OC(c3ccccc3)(c3ccccc3)c3ccccc3)c3nc(NC(c4ccccc4)(c4ccccc4)c4ccccc4)sc3Cl)C(=O)N12. The number of aromatic nitrogens is 2. The lowest BCUT2D eigenvalue weighted by Gasteiger charge is -2.50. The van der Waals surface area contributed by atoms with Gasteiger partial charge >= 0.3 is 5.97 Å². The zero-order valence-electron chi connectivity index (χ0n) is 38.2. The summed E-state index contributed by atoms with van der Waals surface area (Å²) in [6, 6.07) is 61.2. The Labute approximate surface area is 424 Å². The Morgan fingerprint density at radius 1 is 0.704 bits per heavy atom. The number of pyridine rings is 1. The van der Waals surface area contributed by atoms with Crippen molar-refractivity contribution in [2.24, 2.45) is 5.16 Å². The first-order valence-corrected chi connectivity index (χ1v) is 24.9. The average molecular weight is 994 g/mol. The zero-order chi connectivity index (χ0) is 48.8. The number of oxime groups is 1. The molecule has 1 fully saturated rings. The number of nitrogens with zero attached hydrogens (tertiary/aromatic N) is 4. The smallest absolute Gasteiger partial charge is 0.355 e. The van der Waals surface area contributed by atoms with E-state index < -0.39 is 41.0 Å². The number of hydrogen-bond donors (Lipinski definition) is 2. The number of fused-ring (bicyclic) bond motifs is 1. The van der Waals surface area contributed by atoms with Crippen LogP contribution in [0.1, 0.15) is 51.9 Å². The number of rotatable bonds is 16. The van der Waals surface area contributed by atoms with Crippen molar-refractivity contribution in [3.63, 3.8) is 0 Å². The van der Waals surface area contributed by atoms with Gasteiger partial charge in [-0.15, -0.1) is 0 Å². The summed E-state index contributed by atoms with van der Waals surface area (Å²) in [6.07, 6.45) is 4.24. The molecule has 6 aromatic carbocycles. The Morgan fingerprint density at radius 2 is 1.17 bits per heavy atom. The third-order valence-corrected chi connectivity index (χ3v) is 15.0. The van der Waals surface area contributed by atoms with Crippen LogP contribution in [-0.2, 0) is 35.1 Å². The summed E-state index contributed by atoms with van der Waals surface area (Å²) in [4.78, 5) is 62.1. The predicted octanol–water partition coefficient (Wildman–Crippen LogP) is 11.0. The summed E-state index contributed by atoms with van der Waals surface area (Å²) in [6.45, 7) is 0. The van der Waals surface area contributed by atoms with Crippen molar-refractivity contribution in [1.29, 1.82) is 0 Å². The summed E-state index contributed by atoms with van der Waals surface area (Å²) in [5.74, 6) is -1.88. The highest BCUT2D eigenvalue weighted by Gasteiger charge is 2.54. The first-order valence-electron chi connectivity index (χ1n) is 22.9. The Hall–Kier alpha value is -7.84. The Bertz CT molecular complexity index is 3030. The fourth-order valence-electron chi connectivity index (χ4n) is 9.40. The van der Waals surface area contributed by atoms with E-state index in [1.807, 2.05) is 158 Å². The molecule has 14 heteroatoms. The number of ether oxygens (including phenoxy) is 1. The number of carbonyl (C=O) groups is 3. The van der Waals surface area contributed by atoms with Gasteiger partial charge in [-0.3, -0.25) is 19.5 Å². The van der Waals surface area contributed by atoms with Gasteiger partial charge < -0.3 is 20.2 Å². The molecule has 0 spiro atoms. The van der Waals surface area contributed by atoms with Gasteiger partial charge in [-0.25, -0.2) is 9.78 Å². The van der Waals surface area contributed by atoms with E-state index in [0.717, 1.165) is 49.6 Å². The highest BCUT2D eigenvalue weighted by atomic mass is 35.5. The molecule has 71 heavy (non-hydrogen) atoms. The van der Waals surface area contributed by atoms with E-state index >= 15 is 4.79 Å². The molecule has 0 bridgehead atoms. The van der Waals surface area contributed by atoms with Crippen LogP contribution in [0, 0.1) is 0 Å². The van der Waals surface area contributed by atoms with Gasteiger partial charge in [0.05, 0.1) is 13.2 Å². The minimum absolute atomic E-state index is 0.0290. The molecule has 352 valence electrons. The number of carbonyl (C=O) groups excluding carboxylic acids is 3. The van der Waals surface area contributed by atoms with Crippen molar-refractivity contribution < 1.29 is 24.0 Å². The lowest BCUT2D eigenvalue weighted by molar-refractivity contribution is -0.156. The normalized spacial score (nSPS) is 15.8. The van der Waals surface area contributed by atoms with Gasteiger partial charge in [0, 0.05) is 38.9 Å². The number of β-lactam (4-membered cyclic amide) rings is 1. The van der Waals surface area contributed by atoms with Crippen molar-refractivity contribution in [3.8, 4) is 0 Å². The molecule has 10 rings (SSSR count). The van der Waals surface area contributed by atoms with Crippen molar-refractivity contribution in [3.05, 3.63) is 261 Å². The molecular formula is C57H45ClN6O5S2. The van der Waals surface area contributed by atoms with Crippen LogP contribution < -0.4 is 10.6 Å². The van der Waals surface area contributed by atoms with Crippen molar-refractivity contribution >= 4 is 63.3 Å². The lowest BCUT2D eigenvalue weighted by atomic mass is 9.77. The summed E-state index contributed by atoms with van der Waals surface area (Å²) >= 11 is 9.81. The van der Waals surface area contributed by atoms with E-state index in [-0.39, 0.29) is 21.4 Å². The molecule has 2 N–H and O–H groups in total. The summed E-state index contributed by atoms with van der Waals surface area (Å²) in [7, 11) is 1.28. The molecule has 0 saturated carbocycles. The van der Waals surface area contributed by atoms with E-state index in [4.69, 9.17) is 31.3 Å². The third kappa shape index (κ3) is 8.99. The Balaban J connectivity index is 1.09. The molecule has 8 aromatic rings. The van der Waals surface area contributed by atoms with Crippen molar-refractivity contribution in [2.75, 3.05) is 12.4 Å². The largest absolute Gasteiger partial charge is 0.464 e. The maximum absolute atomic E-state index is 15.3. The second-order valence-corrected chi connectivity index (χ2v) is 19.5. The number of benzene rings is 6. The standard InChI is InChI=1S/C57H45ClN6O5S2/c1-68-54(67)50-46(70-44-34-36-59-37-35-44)33-32-45-47(53(66)64(45)50)60-52(65)49(63-69-57(41-26-14-5-15-27-41,42-28-16-6-17-29-42)43-30-18-7-19-31-43)48-51(58)71-55(61-48)62-56(38-20-8-2-9-21-38,39-22-10-3-11-23-39)40-24-12-4-13-25-40/h2-31,34-37,45,47H,32-33H2,1H3,(H,60,65)(H,61,62)/b63-49-/t45-,47+/m1/s1. The highest BCUT2D eigenvalue weighted by molar-refractivity contribution is 8.03. The molecule has 0 radical (unpaired) electrons. The number of methoxy groups -OCH3 is 1. The van der Waals surface area contributed by atoms with Crippen LogP contribution in [0.3, 0.4) is 0 Å². The van der Waals surface area contributed by atoms with Gasteiger partial charge in [-0.2, -0.15) is 0 Å². The quantitative estimate of drug-likeness (QED) is 0.0319. The van der Waals surface area contributed by atoms with Crippen molar-refractivity contribution in [2.45, 2.75) is 41.0 Å². The van der Waals surface area contributed by atoms with E-state index in [1.165, 1.54) is 23.8 Å². The molecule has 2 aliphatic heterocycles. The number of thiazole rings is 1. The molecule has 0 unspecified atom stereocenters. The number of hydrogen-bond acceptors (Lipinski definition) is 11. The maximum atomic E-state index is 15.3. The first-order chi connectivity index (χ1) is 34.8. The second kappa shape index (κ2) is 20.6. The number of nitrogens with one attached hydrogen (secondary N) is 2. The van der Waals surface area contributed by atoms with Crippen LogP contribution in [0.25, 0.3) is 0 Å². The fraction of sp³-hybridized carbons (Fsp3) is 0.123. The van der Waals surface area contributed by atoms with E-state index in [2.05, 4.69) is 52.0 Å². The topological polar surface area (TPSA) is 135 Å². The van der Waals surface area contributed by atoms with Crippen LogP contribution in [0.4, 0.5) is 5.13 Å². The fourth-order valence-corrected chi connectivity index (χ4v) is 11.5. The van der Waals surface area contributed by atoms with E-state index in [1.54, 1.807) is 12.4 Å². The summed E-state index contributed by atoms with van der Waals surface area (Å²) in [5, 5.41) is 12.0. The molecule has 2 amide bonds. The van der Waals surface area contributed by atoms with Gasteiger partial charge in [0.1, 0.15) is 27.3 Å². The predicted molar refractivity (Wildman–Crippen MR) is 278 cm³/mol. The number of anilines is 1. The van der Waals surface area contributed by atoms with E-state index in [9.17, 15) is 9.59 Å². The van der Waals surface area contributed by atoms with E-state index in [0.29, 0.717) is 22.9 Å². The average Bonchev–Trinajstić information content (AvgIpc) is 3.80. The number of amides is 2. The minimum Gasteiger partial charge on any atom is -0.464 e. The number of halogens is 1. The van der Waals surface area contributed by atoms with Crippen LogP contribution >= 0.6 is 34.7 Å². The number of thioether (sulfide) groups is 1. The van der Waals surface area contributed by atoms with Gasteiger partial charge in [-0.1, -0.05) is 222 Å².